The average Bonchev–Trinajstić information content (AvgIpc) is 2.90. The van der Waals surface area contributed by atoms with E-state index in [1.165, 1.54) is 59.7 Å². The van der Waals surface area contributed by atoms with E-state index >= 15 is 0 Å². The van der Waals surface area contributed by atoms with Gasteiger partial charge >= 0.3 is 0 Å². The summed E-state index contributed by atoms with van der Waals surface area (Å²) in [5.74, 6) is -0.732. The van der Waals surface area contributed by atoms with Gasteiger partial charge in [-0.25, -0.2) is 12.8 Å². The lowest BCUT2D eigenvalue weighted by Crippen LogP contribution is -2.29. The molecular weight excluding hydrogens is 489 g/mol. The Morgan fingerprint density at radius 1 is 0.811 bits per heavy atom. The van der Waals surface area contributed by atoms with E-state index in [2.05, 4.69) is 39.2 Å². The van der Waals surface area contributed by atoms with Crippen molar-refractivity contribution in [2.24, 2.45) is 0 Å². The zero-order valence-corrected chi connectivity index (χ0v) is 20.8. The molecule has 0 saturated carbocycles. The molecule has 0 saturated heterocycles. The Hall–Kier alpha value is -4.01. The van der Waals surface area contributed by atoms with Gasteiger partial charge in [-0.1, -0.05) is 36.4 Å². The molecule has 6 nitrogen and oxygen atoms in total. The van der Waals surface area contributed by atoms with Gasteiger partial charge in [-0.05, 0) is 83.8 Å². The molecule has 37 heavy (non-hydrogen) atoms. The minimum absolute atomic E-state index is 0.0273. The van der Waals surface area contributed by atoms with Gasteiger partial charge in [-0.3, -0.25) is 14.4 Å². The highest BCUT2D eigenvalue weighted by molar-refractivity contribution is 7.92. The average molecular weight is 516 g/mol. The van der Waals surface area contributed by atoms with Crippen LogP contribution in [0.1, 0.15) is 27.0 Å². The quantitative estimate of drug-likeness (QED) is 0.344. The summed E-state index contributed by atoms with van der Waals surface area (Å²) in [4.78, 5) is 15.1. The molecule has 1 amide bonds. The van der Waals surface area contributed by atoms with Gasteiger partial charge in [0.1, 0.15) is 5.82 Å². The number of hydrogen-bond donors (Lipinski definition) is 2. The zero-order valence-electron chi connectivity index (χ0n) is 20.0. The van der Waals surface area contributed by atoms with E-state index in [9.17, 15) is 17.6 Å². The lowest BCUT2D eigenvalue weighted by Gasteiger charge is -2.28. The summed E-state index contributed by atoms with van der Waals surface area (Å²) >= 11 is 0. The van der Waals surface area contributed by atoms with Gasteiger partial charge in [0, 0.05) is 36.6 Å². The van der Waals surface area contributed by atoms with Gasteiger partial charge in [0.25, 0.3) is 15.9 Å². The number of carbonyl (C=O) groups is 1. The number of sulfonamides is 1. The van der Waals surface area contributed by atoms with Gasteiger partial charge in [0.05, 0.1) is 4.90 Å². The highest BCUT2D eigenvalue weighted by Gasteiger charge is 2.17. The van der Waals surface area contributed by atoms with Crippen LogP contribution in [0.2, 0.25) is 0 Å². The first-order chi connectivity index (χ1) is 17.9. The molecule has 0 aromatic heterocycles. The first-order valence-electron chi connectivity index (χ1n) is 11.9. The van der Waals surface area contributed by atoms with Crippen LogP contribution in [0.15, 0.2) is 102 Å². The molecule has 4 aromatic rings. The predicted octanol–water partition coefficient (Wildman–Crippen LogP) is 5.44. The zero-order chi connectivity index (χ0) is 25.8. The van der Waals surface area contributed by atoms with Crippen molar-refractivity contribution in [3.63, 3.8) is 0 Å². The highest BCUT2D eigenvalue weighted by atomic mass is 32.2. The van der Waals surface area contributed by atoms with Gasteiger partial charge < -0.3 is 5.32 Å². The number of benzene rings is 4. The molecule has 1 aliphatic rings. The van der Waals surface area contributed by atoms with Crippen molar-refractivity contribution in [3.05, 3.63) is 125 Å². The van der Waals surface area contributed by atoms with Crippen LogP contribution in [0.3, 0.4) is 0 Å². The first kappa shape index (κ1) is 24.7. The number of hydrogen-bond acceptors (Lipinski definition) is 4. The molecule has 0 fully saturated rings. The van der Waals surface area contributed by atoms with Crippen molar-refractivity contribution in [1.29, 1.82) is 0 Å². The molecule has 8 heteroatoms. The third-order valence-electron chi connectivity index (χ3n) is 6.35. The first-order valence-corrected chi connectivity index (χ1v) is 13.4. The van der Waals surface area contributed by atoms with E-state index in [0.717, 1.165) is 31.6 Å². The smallest absolute Gasteiger partial charge is 0.261 e. The number of rotatable bonds is 7. The van der Waals surface area contributed by atoms with Crippen molar-refractivity contribution in [2.75, 3.05) is 16.6 Å². The van der Waals surface area contributed by atoms with Crippen molar-refractivity contribution in [1.82, 2.24) is 4.90 Å². The van der Waals surface area contributed by atoms with E-state index in [1.807, 2.05) is 12.1 Å². The van der Waals surface area contributed by atoms with Crippen LogP contribution >= 0.6 is 0 Å². The van der Waals surface area contributed by atoms with Gasteiger partial charge in [0.2, 0.25) is 0 Å². The number of nitrogens with one attached hydrogen (secondary N) is 2. The van der Waals surface area contributed by atoms with Crippen molar-refractivity contribution in [3.8, 4) is 0 Å². The molecule has 0 radical (unpaired) electrons. The van der Waals surface area contributed by atoms with E-state index in [0.29, 0.717) is 11.3 Å². The summed E-state index contributed by atoms with van der Waals surface area (Å²) in [5.41, 5.74) is 5.17. The normalized spacial score (nSPS) is 13.5. The lowest BCUT2D eigenvalue weighted by atomic mass is 9.99. The summed E-state index contributed by atoms with van der Waals surface area (Å²) in [6.45, 7) is 2.74. The second-order valence-electron chi connectivity index (χ2n) is 9.02. The second kappa shape index (κ2) is 10.5. The van der Waals surface area contributed by atoms with Crippen LogP contribution in [0.4, 0.5) is 15.8 Å². The van der Waals surface area contributed by atoms with Gasteiger partial charge in [-0.15, -0.1) is 0 Å². The predicted molar refractivity (Wildman–Crippen MR) is 142 cm³/mol. The van der Waals surface area contributed by atoms with Crippen molar-refractivity contribution >= 4 is 27.3 Å². The maximum atomic E-state index is 13.1. The molecule has 0 spiro atoms. The SMILES string of the molecule is O=C(Nc1ccc(S(=O)(=O)Nc2ccc(F)cc2)cc1)c1ccc(CN2CCc3ccccc3C2)cc1. The molecule has 1 aliphatic heterocycles. The number of amides is 1. The Balaban J connectivity index is 1.18. The fraction of sp³-hybridized carbons (Fsp3) is 0.138. The van der Waals surface area contributed by atoms with Crippen LogP contribution in [0, 0.1) is 5.82 Å². The second-order valence-corrected chi connectivity index (χ2v) is 10.7. The number of halogens is 1. The molecule has 188 valence electrons. The molecule has 5 rings (SSSR count). The molecule has 4 aromatic carbocycles. The van der Waals surface area contributed by atoms with Crippen LogP contribution in [-0.4, -0.2) is 25.8 Å². The standard InChI is InChI=1S/C29H26FN3O3S/c30-25-9-11-27(12-10-25)32-37(35,36)28-15-13-26(14-16-28)31-29(34)23-7-5-21(6-8-23)19-33-18-17-22-3-1-2-4-24(22)20-33/h1-16,32H,17-20H2,(H,31,34). The van der Waals surface area contributed by atoms with E-state index in [-0.39, 0.29) is 16.5 Å². The topological polar surface area (TPSA) is 78.5 Å². The van der Waals surface area contributed by atoms with Crippen LogP contribution in [0.25, 0.3) is 0 Å². The highest BCUT2D eigenvalue weighted by Crippen LogP contribution is 2.21. The number of nitrogens with zero attached hydrogens (tertiary/aromatic N) is 1. The van der Waals surface area contributed by atoms with E-state index in [4.69, 9.17) is 0 Å². The Morgan fingerprint density at radius 3 is 2.16 bits per heavy atom. The molecular formula is C29H26FN3O3S. The fourth-order valence-electron chi connectivity index (χ4n) is 4.36. The Morgan fingerprint density at radius 2 is 1.46 bits per heavy atom. The number of carbonyl (C=O) groups excluding carboxylic acids is 1. The lowest BCUT2D eigenvalue weighted by molar-refractivity contribution is 0.102. The number of anilines is 2. The van der Waals surface area contributed by atoms with Gasteiger partial charge in [-0.2, -0.15) is 0 Å². The monoisotopic (exact) mass is 515 g/mol. The number of fused-ring (bicyclic) bond motifs is 1. The summed E-state index contributed by atoms with van der Waals surface area (Å²) in [6.07, 6.45) is 1.04. The fourth-order valence-corrected chi connectivity index (χ4v) is 5.42. The minimum Gasteiger partial charge on any atom is -0.322 e. The Labute approximate surface area is 215 Å². The largest absolute Gasteiger partial charge is 0.322 e. The van der Waals surface area contributed by atoms with Gasteiger partial charge in [0.15, 0.2) is 0 Å². The molecule has 0 aliphatic carbocycles. The molecule has 0 unspecified atom stereocenters. The maximum absolute atomic E-state index is 13.1. The maximum Gasteiger partial charge on any atom is 0.261 e. The molecule has 0 atom stereocenters. The van der Waals surface area contributed by atoms with Crippen LogP contribution in [-0.2, 0) is 29.5 Å². The Kier molecular flexibility index (Phi) is 7.03. The van der Waals surface area contributed by atoms with Crippen molar-refractivity contribution in [2.45, 2.75) is 24.4 Å². The van der Waals surface area contributed by atoms with Crippen molar-refractivity contribution < 1.29 is 17.6 Å². The van der Waals surface area contributed by atoms with E-state index in [1.54, 1.807) is 12.1 Å². The molecule has 2 N–H and O–H groups in total. The van der Waals surface area contributed by atoms with Crippen LogP contribution < -0.4 is 10.0 Å². The summed E-state index contributed by atoms with van der Waals surface area (Å²) in [7, 11) is -3.85. The Bertz CT molecular complexity index is 1500. The summed E-state index contributed by atoms with van der Waals surface area (Å²) in [6, 6.07) is 27.0. The van der Waals surface area contributed by atoms with E-state index < -0.39 is 15.8 Å². The summed E-state index contributed by atoms with van der Waals surface area (Å²) < 4.78 is 40.6. The molecule has 1 heterocycles. The van der Waals surface area contributed by atoms with Crippen LogP contribution in [0.5, 0.6) is 0 Å². The third-order valence-corrected chi connectivity index (χ3v) is 7.75. The molecule has 0 bridgehead atoms. The third kappa shape index (κ3) is 6.04. The minimum atomic E-state index is -3.85. The summed E-state index contributed by atoms with van der Waals surface area (Å²) in [5, 5.41) is 2.80.